The van der Waals surface area contributed by atoms with Gasteiger partial charge in [0.15, 0.2) is 6.10 Å². The average Bonchev–Trinajstić information content (AvgIpc) is 3.38. The molecule has 14 nitrogen and oxygen atoms in total. The SMILES string of the molecule is C=C(CCC12OC(C(=O)OCc3ccccc3)C(O)(C(=O)O)C(C(=O)O)(O1)C(OC(=O)/C=C/C(C)CC(C)CC)C2O)C(OC(C)=O)C(C)Cc1ccccc1. The highest BCUT2D eigenvalue weighted by Crippen LogP contribution is 2.56. The van der Waals surface area contributed by atoms with Crippen LogP contribution in [0.3, 0.4) is 0 Å². The van der Waals surface area contributed by atoms with Crippen LogP contribution in [-0.4, -0.2) is 91.7 Å². The first-order valence-corrected chi connectivity index (χ1v) is 18.6. The standard InChI is InChI=1S/C42H52O14/c1-7-25(2)22-26(3)18-19-32(44)54-35-34(45)40(21-20-27(4)33(53-29(6)43)28(5)23-30-14-10-8-11-15-30)55-36(37(46)52-24-31-16-12-9-13-17-31)41(51,38(47)48)42(35,56-40)39(49)50/h8-19,25-26,28,33-36,45,51H,4,7,20-24H2,1-3,5-6H3,(H,47,48)(H,49,50)/b19-18+. The molecule has 4 rings (SSSR count). The molecule has 2 fully saturated rings. The van der Waals surface area contributed by atoms with Crippen LogP contribution < -0.4 is 0 Å². The van der Waals surface area contributed by atoms with E-state index in [1.165, 1.54) is 13.0 Å². The van der Waals surface area contributed by atoms with Crippen LogP contribution in [0.4, 0.5) is 0 Å². The van der Waals surface area contributed by atoms with Gasteiger partial charge in [0.2, 0.25) is 23.1 Å². The molecule has 56 heavy (non-hydrogen) atoms. The van der Waals surface area contributed by atoms with Gasteiger partial charge in [0.25, 0.3) is 0 Å². The summed E-state index contributed by atoms with van der Waals surface area (Å²) in [7, 11) is 0. The molecular formula is C42H52O14. The Morgan fingerprint density at radius 1 is 0.946 bits per heavy atom. The highest BCUT2D eigenvalue weighted by molar-refractivity contribution is 5.98. The summed E-state index contributed by atoms with van der Waals surface area (Å²) in [5, 5.41) is 45.2. The Labute approximate surface area is 326 Å². The maximum Gasteiger partial charge on any atom is 0.344 e. The highest BCUT2D eigenvalue weighted by Gasteiger charge is 2.86. The molecule has 0 spiro atoms. The Morgan fingerprint density at radius 3 is 2.11 bits per heavy atom. The van der Waals surface area contributed by atoms with Crippen molar-refractivity contribution < 1.29 is 68.1 Å². The maximum atomic E-state index is 13.8. The zero-order valence-corrected chi connectivity index (χ0v) is 32.3. The molecule has 14 heteroatoms. The van der Waals surface area contributed by atoms with Crippen molar-refractivity contribution in [1.82, 2.24) is 0 Å². The summed E-state index contributed by atoms with van der Waals surface area (Å²) in [5.74, 6) is -10.5. The van der Waals surface area contributed by atoms with E-state index in [0.717, 1.165) is 18.1 Å². The smallest absolute Gasteiger partial charge is 0.344 e. The molecule has 2 aliphatic heterocycles. The summed E-state index contributed by atoms with van der Waals surface area (Å²) in [5.41, 5.74) is -5.66. The molecule has 2 aliphatic rings. The lowest BCUT2D eigenvalue weighted by Crippen LogP contribution is -2.78. The number of hydrogen-bond acceptors (Lipinski definition) is 12. The minimum absolute atomic E-state index is 0.121. The number of carboxylic acid groups (broad SMARTS) is 2. The predicted molar refractivity (Wildman–Crippen MR) is 199 cm³/mol. The Balaban J connectivity index is 1.75. The third kappa shape index (κ3) is 9.21. The van der Waals surface area contributed by atoms with Crippen LogP contribution in [0.15, 0.2) is 85.0 Å². The summed E-state index contributed by atoms with van der Waals surface area (Å²) in [6.07, 6.45) is -4.44. The van der Waals surface area contributed by atoms with Gasteiger partial charge in [-0.1, -0.05) is 107 Å². The number of benzene rings is 2. The number of allylic oxidation sites excluding steroid dienone is 1. The quantitative estimate of drug-likeness (QED) is 0.0667. The molecule has 2 aromatic rings. The first-order valence-electron chi connectivity index (χ1n) is 18.6. The van der Waals surface area contributed by atoms with Gasteiger partial charge >= 0.3 is 29.8 Å². The van der Waals surface area contributed by atoms with E-state index in [4.69, 9.17) is 23.7 Å². The number of rotatable bonds is 19. The molecule has 2 bridgehead atoms. The van der Waals surface area contributed by atoms with E-state index in [2.05, 4.69) is 6.58 Å². The molecule has 0 radical (unpaired) electrons. The third-order valence-electron chi connectivity index (χ3n) is 10.5. The molecule has 10 atom stereocenters. The van der Waals surface area contributed by atoms with E-state index in [9.17, 15) is 44.4 Å². The van der Waals surface area contributed by atoms with Gasteiger partial charge < -0.3 is 44.1 Å². The molecule has 0 saturated carbocycles. The Kier molecular flexibility index (Phi) is 14.4. The van der Waals surface area contributed by atoms with E-state index in [1.54, 1.807) is 30.3 Å². The number of ether oxygens (including phenoxy) is 5. The average molecular weight is 781 g/mol. The fourth-order valence-corrected chi connectivity index (χ4v) is 7.38. The first kappa shape index (κ1) is 43.8. The largest absolute Gasteiger partial charge is 0.479 e. The Bertz CT molecular complexity index is 1760. The minimum atomic E-state index is -3.83. The number of carbonyl (C=O) groups is 5. The topological polar surface area (TPSA) is 212 Å². The van der Waals surface area contributed by atoms with Crippen LogP contribution >= 0.6 is 0 Å². The van der Waals surface area contributed by atoms with Crippen molar-refractivity contribution in [1.29, 1.82) is 0 Å². The molecule has 2 saturated heterocycles. The number of aliphatic carboxylic acids is 2. The summed E-state index contributed by atoms with van der Waals surface area (Å²) in [6, 6.07) is 17.6. The molecule has 0 aliphatic carbocycles. The fraction of sp³-hybridized carbons (Fsp3) is 0.500. The van der Waals surface area contributed by atoms with E-state index in [0.29, 0.717) is 24.3 Å². The van der Waals surface area contributed by atoms with Crippen LogP contribution in [0.1, 0.15) is 71.4 Å². The molecule has 304 valence electrons. The van der Waals surface area contributed by atoms with Gasteiger partial charge in [-0.15, -0.1) is 0 Å². The van der Waals surface area contributed by atoms with Crippen LogP contribution in [0.2, 0.25) is 0 Å². The lowest BCUT2D eigenvalue weighted by atomic mass is 9.74. The van der Waals surface area contributed by atoms with Crippen molar-refractivity contribution in [2.24, 2.45) is 17.8 Å². The number of fused-ring (bicyclic) bond motifs is 2. The summed E-state index contributed by atoms with van der Waals surface area (Å²) in [4.78, 5) is 65.8. The second-order valence-electron chi connectivity index (χ2n) is 14.9. The lowest BCUT2D eigenvalue weighted by Gasteiger charge is -2.49. The third-order valence-corrected chi connectivity index (χ3v) is 10.5. The molecule has 0 amide bonds. The molecule has 0 aromatic heterocycles. The molecule has 10 unspecified atom stereocenters. The Hall–Kier alpha value is -4.89. The summed E-state index contributed by atoms with van der Waals surface area (Å²) < 4.78 is 28.3. The monoisotopic (exact) mass is 780 g/mol. The number of carbonyl (C=O) groups excluding carboxylic acids is 3. The van der Waals surface area contributed by atoms with E-state index in [-0.39, 0.29) is 23.8 Å². The highest BCUT2D eigenvalue weighted by atomic mass is 16.8. The van der Waals surface area contributed by atoms with Crippen molar-refractivity contribution in [3.05, 3.63) is 96.1 Å². The number of aliphatic hydroxyl groups excluding tert-OH is 1. The molecule has 2 aromatic carbocycles. The summed E-state index contributed by atoms with van der Waals surface area (Å²) >= 11 is 0. The second kappa shape index (κ2) is 18.4. The van der Waals surface area contributed by atoms with Gasteiger partial charge in [-0.25, -0.2) is 19.2 Å². The maximum absolute atomic E-state index is 13.8. The number of carboxylic acids is 2. The van der Waals surface area contributed by atoms with Crippen LogP contribution in [0.25, 0.3) is 0 Å². The predicted octanol–water partition coefficient (Wildman–Crippen LogP) is 4.54. The van der Waals surface area contributed by atoms with Crippen LogP contribution in [-0.2, 0) is 60.7 Å². The van der Waals surface area contributed by atoms with E-state index in [1.807, 2.05) is 58.0 Å². The fourth-order valence-electron chi connectivity index (χ4n) is 7.38. The van der Waals surface area contributed by atoms with Gasteiger partial charge in [-0.3, -0.25) is 4.79 Å². The second-order valence-corrected chi connectivity index (χ2v) is 14.9. The first-order chi connectivity index (χ1) is 26.4. The zero-order valence-electron chi connectivity index (χ0n) is 32.3. The molecule has 2 heterocycles. The number of hydrogen-bond donors (Lipinski definition) is 4. The number of aliphatic hydroxyl groups is 2. The van der Waals surface area contributed by atoms with Gasteiger partial charge in [0.05, 0.1) is 0 Å². The van der Waals surface area contributed by atoms with Gasteiger partial charge in [-0.2, -0.15) is 0 Å². The summed E-state index contributed by atoms with van der Waals surface area (Å²) in [6.45, 7) is 12.6. The van der Waals surface area contributed by atoms with Crippen molar-refractivity contribution >= 4 is 29.8 Å². The van der Waals surface area contributed by atoms with Crippen molar-refractivity contribution in [2.45, 2.75) is 115 Å². The van der Waals surface area contributed by atoms with E-state index >= 15 is 0 Å². The van der Waals surface area contributed by atoms with Gasteiger partial charge in [0.1, 0.15) is 18.8 Å². The van der Waals surface area contributed by atoms with Crippen molar-refractivity contribution in [3.63, 3.8) is 0 Å². The van der Waals surface area contributed by atoms with Crippen molar-refractivity contribution in [3.8, 4) is 0 Å². The van der Waals surface area contributed by atoms with Gasteiger partial charge in [-0.05, 0) is 47.8 Å². The Morgan fingerprint density at radius 2 is 1.55 bits per heavy atom. The lowest BCUT2D eigenvalue weighted by molar-refractivity contribution is -0.374. The molecule has 4 N–H and O–H groups in total. The van der Waals surface area contributed by atoms with Crippen LogP contribution in [0.5, 0.6) is 0 Å². The van der Waals surface area contributed by atoms with Gasteiger partial charge in [0, 0.05) is 25.3 Å². The van der Waals surface area contributed by atoms with Crippen LogP contribution in [0, 0.1) is 17.8 Å². The molecular weight excluding hydrogens is 728 g/mol. The number of esters is 3. The zero-order chi connectivity index (χ0) is 41.4. The van der Waals surface area contributed by atoms with Crippen molar-refractivity contribution in [2.75, 3.05) is 0 Å². The normalized spacial score (nSPS) is 27.7. The van der Waals surface area contributed by atoms with E-state index < -0.39 is 84.3 Å². The minimum Gasteiger partial charge on any atom is -0.479 e.